The molecule has 0 atom stereocenters. The van der Waals surface area contributed by atoms with Gasteiger partial charge in [0.2, 0.25) is 0 Å². The van der Waals surface area contributed by atoms with Crippen LogP contribution in [-0.2, 0) is 6.61 Å². The fourth-order valence-electron chi connectivity index (χ4n) is 0.942. The summed E-state index contributed by atoms with van der Waals surface area (Å²) in [5.41, 5.74) is 1.97. The van der Waals surface area contributed by atoms with Crippen molar-refractivity contribution in [3.63, 3.8) is 0 Å². The molecule has 0 amide bonds. The van der Waals surface area contributed by atoms with Crippen molar-refractivity contribution in [3.8, 4) is 0 Å². The second-order valence-electron chi connectivity index (χ2n) is 2.89. The van der Waals surface area contributed by atoms with Gasteiger partial charge in [-0.3, -0.25) is 4.98 Å². The van der Waals surface area contributed by atoms with E-state index in [0.717, 1.165) is 5.69 Å². The number of rotatable bonds is 2. The van der Waals surface area contributed by atoms with Gasteiger partial charge >= 0.3 is 0 Å². The largest absolute Gasteiger partial charge is 0.390 e. The van der Waals surface area contributed by atoms with E-state index in [1.807, 2.05) is 12.1 Å². The average Bonchev–Trinajstić information content (AvgIpc) is 2.05. The van der Waals surface area contributed by atoms with Crippen molar-refractivity contribution in [2.75, 3.05) is 0 Å². The van der Waals surface area contributed by atoms with Gasteiger partial charge in [-0.15, -0.1) is 0 Å². The third-order valence-corrected chi connectivity index (χ3v) is 1.67. The molecular weight excluding hydrogens is 138 g/mol. The molecule has 0 fully saturated rings. The Morgan fingerprint density at radius 2 is 2.27 bits per heavy atom. The van der Waals surface area contributed by atoms with Gasteiger partial charge in [-0.05, 0) is 23.6 Å². The second kappa shape index (κ2) is 3.49. The van der Waals surface area contributed by atoms with Gasteiger partial charge in [0, 0.05) is 6.20 Å². The minimum atomic E-state index is 0.0283. The summed E-state index contributed by atoms with van der Waals surface area (Å²) in [6.07, 6.45) is 1.74. The predicted octanol–water partition coefficient (Wildman–Crippen LogP) is 1.70. The minimum Gasteiger partial charge on any atom is -0.390 e. The molecule has 0 saturated carbocycles. The highest BCUT2D eigenvalue weighted by atomic mass is 16.3. The van der Waals surface area contributed by atoms with Crippen LogP contribution in [0.4, 0.5) is 0 Å². The molecule has 0 aliphatic heterocycles. The van der Waals surface area contributed by atoms with E-state index in [0.29, 0.717) is 5.92 Å². The molecule has 0 aliphatic carbocycles. The van der Waals surface area contributed by atoms with Crippen LogP contribution in [0.25, 0.3) is 0 Å². The van der Waals surface area contributed by atoms with E-state index in [-0.39, 0.29) is 6.61 Å². The molecule has 1 heterocycles. The Kier molecular flexibility index (Phi) is 2.60. The van der Waals surface area contributed by atoms with E-state index in [1.165, 1.54) is 5.56 Å². The molecule has 0 spiro atoms. The van der Waals surface area contributed by atoms with E-state index in [1.54, 1.807) is 6.20 Å². The van der Waals surface area contributed by atoms with Crippen molar-refractivity contribution in [1.82, 2.24) is 4.98 Å². The van der Waals surface area contributed by atoms with E-state index in [4.69, 9.17) is 5.11 Å². The first-order chi connectivity index (χ1) is 5.24. The van der Waals surface area contributed by atoms with Gasteiger partial charge in [0.15, 0.2) is 0 Å². The summed E-state index contributed by atoms with van der Waals surface area (Å²) in [5, 5.41) is 8.78. The van der Waals surface area contributed by atoms with Crippen molar-refractivity contribution >= 4 is 0 Å². The Bertz CT molecular complexity index is 233. The van der Waals surface area contributed by atoms with Crippen LogP contribution in [0, 0.1) is 0 Å². The molecule has 1 rings (SSSR count). The maximum atomic E-state index is 8.78. The van der Waals surface area contributed by atoms with Crippen LogP contribution in [0.2, 0.25) is 0 Å². The number of hydrogen-bond acceptors (Lipinski definition) is 2. The molecule has 0 aromatic carbocycles. The molecular formula is C9H13NO. The van der Waals surface area contributed by atoms with Gasteiger partial charge in [0.25, 0.3) is 0 Å². The first-order valence-electron chi connectivity index (χ1n) is 3.79. The lowest BCUT2D eigenvalue weighted by Gasteiger charge is -2.04. The molecule has 11 heavy (non-hydrogen) atoms. The summed E-state index contributed by atoms with van der Waals surface area (Å²) < 4.78 is 0. The Hall–Kier alpha value is -0.890. The van der Waals surface area contributed by atoms with Gasteiger partial charge in [-0.25, -0.2) is 0 Å². The first-order valence-corrected chi connectivity index (χ1v) is 3.79. The van der Waals surface area contributed by atoms with Crippen LogP contribution in [0.1, 0.15) is 31.0 Å². The van der Waals surface area contributed by atoms with Crippen molar-refractivity contribution < 1.29 is 5.11 Å². The van der Waals surface area contributed by atoms with Crippen molar-refractivity contribution in [2.24, 2.45) is 0 Å². The quantitative estimate of drug-likeness (QED) is 0.697. The highest BCUT2D eigenvalue weighted by Crippen LogP contribution is 2.13. The predicted molar refractivity (Wildman–Crippen MR) is 44.2 cm³/mol. The molecule has 2 heteroatoms. The monoisotopic (exact) mass is 151 g/mol. The molecule has 1 aromatic rings. The fourth-order valence-corrected chi connectivity index (χ4v) is 0.942. The maximum Gasteiger partial charge on any atom is 0.0853 e. The fraction of sp³-hybridized carbons (Fsp3) is 0.444. The molecule has 0 saturated heterocycles. The summed E-state index contributed by atoms with van der Waals surface area (Å²) in [7, 11) is 0. The highest BCUT2D eigenvalue weighted by molar-refractivity contribution is 5.18. The maximum absolute atomic E-state index is 8.78. The van der Waals surface area contributed by atoms with E-state index in [2.05, 4.69) is 18.8 Å². The number of aromatic nitrogens is 1. The van der Waals surface area contributed by atoms with Gasteiger partial charge < -0.3 is 5.11 Å². The SMILES string of the molecule is CC(C)c1ccnc(CO)c1. The smallest absolute Gasteiger partial charge is 0.0853 e. The Balaban J connectivity index is 2.91. The summed E-state index contributed by atoms with van der Waals surface area (Å²) >= 11 is 0. The summed E-state index contributed by atoms with van der Waals surface area (Å²) in [6, 6.07) is 3.91. The van der Waals surface area contributed by atoms with Crippen LogP contribution in [-0.4, -0.2) is 10.1 Å². The Morgan fingerprint density at radius 3 is 2.82 bits per heavy atom. The molecule has 1 N–H and O–H groups in total. The summed E-state index contributed by atoms with van der Waals surface area (Å²) in [6.45, 7) is 4.27. The zero-order valence-electron chi connectivity index (χ0n) is 6.91. The topological polar surface area (TPSA) is 33.1 Å². The number of aliphatic hydroxyl groups is 1. The standard InChI is InChI=1S/C9H13NO/c1-7(2)8-3-4-10-9(5-8)6-11/h3-5,7,11H,6H2,1-2H3. The van der Waals surface area contributed by atoms with Crippen LogP contribution in [0.15, 0.2) is 18.3 Å². The van der Waals surface area contributed by atoms with Gasteiger partial charge in [-0.1, -0.05) is 13.8 Å². The van der Waals surface area contributed by atoms with E-state index >= 15 is 0 Å². The molecule has 0 unspecified atom stereocenters. The zero-order valence-corrected chi connectivity index (χ0v) is 6.91. The van der Waals surface area contributed by atoms with Gasteiger partial charge in [0.05, 0.1) is 12.3 Å². The highest BCUT2D eigenvalue weighted by Gasteiger charge is 1.99. The number of hydrogen-bond donors (Lipinski definition) is 1. The Morgan fingerprint density at radius 1 is 1.55 bits per heavy atom. The summed E-state index contributed by atoms with van der Waals surface area (Å²) in [5.74, 6) is 0.503. The molecule has 1 aromatic heterocycles. The minimum absolute atomic E-state index is 0.0283. The second-order valence-corrected chi connectivity index (χ2v) is 2.89. The van der Waals surface area contributed by atoms with Crippen LogP contribution < -0.4 is 0 Å². The summed E-state index contributed by atoms with van der Waals surface area (Å²) in [4.78, 5) is 3.99. The third kappa shape index (κ3) is 2.02. The van der Waals surface area contributed by atoms with Crippen molar-refractivity contribution in [2.45, 2.75) is 26.4 Å². The lowest BCUT2D eigenvalue weighted by Crippen LogP contribution is -1.93. The normalized spacial score (nSPS) is 10.5. The molecule has 0 radical (unpaired) electrons. The lowest BCUT2D eigenvalue weighted by molar-refractivity contribution is 0.276. The van der Waals surface area contributed by atoms with Crippen LogP contribution in [0.5, 0.6) is 0 Å². The Labute approximate surface area is 66.9 Å². The van der Waals surface area contributed by atoms with Crippen LogP contribution in [0.3, 0.4) is 0 Å². The van der Waals surface area contributed by atoms with Gasteiger partial charge in [-0.2, -0.15) is 0 Å². The zero-order chi connectivity index (χ0) is 8.27. The van der Waals surface area contributed by atoms with E-state index < -0.39 is 0 Å². The molecule has 0 bridgehead atoms. The lowest BCUT2D eigenvalue weighted by atomic mass is 10.0. The molecule has 2 nitrogen and oxygen atoms in total. The van der Waals surface area contributed by atoms with Crippen LogP contribution >= 0.6 is 0 Å². The van der Waals surface area contributed by atoms with E-state index in [9.17, 15) is 0 Å². The van der Waals surface area contributed by atoms with Crippen molar-refractivity contribution in [3.05, 3.63) is 29.6 Å². The van der Waals surface area contributed by atoms with Crippen molar-refractivity contribution in [1.29, 1.82) is 0 Å². The number of pyridine rings is 1. The number of aliphatic hydroxyl groups excluding tert-OH is 1. The first kappa shape index (κ1) is 8.21. The molecule has 60 valence electrons. The number of nitrogens with zero attached hydrogens (tertiary/aromatic N) is 1. The molecule has 0 aliphatic rings. The third-order valence-electron chi connectivity index (χ3n) is 1.67. The average molecular weight is 151 g/mol. The van der Waals surface area contributed by atoms with Gasteiger partial charge in [0.1, 0.15) is 0 Å².